The van der Waals surface area contributed by atoms with Crippen molar-refractivity contribution in [1.82, 2.24) is 0 Å². The minimum atomic E-state index is -0.833. The molecule has 0 spiro atoms. The maximum absolute atomic E-state index is 13.5. The van der Waals surface area contributed by atoms with E-state index in [-0.39, 0.29) is 17.4 Å². The van der Waals surface area contributed by atoms with Gasteiger partial charge in [-0.05, 0) is 31.4 Å². The largest absolute Gasteiger partial charge is 0.367 e. The predicted molar refractivity (Wildman–Crippen MR) is 89.7 cm³/mol. The molecule has 1 aromatic rings. The number of benzene rings is 1. The van der Waals surface area contributed by atoms with Gasteiger partial charge >= 0.3 is 6.03 Å². The van der Waals surface area contributed by atoms with Crippen molar-refractivity contribution in [2.24, 2.45) is 15.9 Å². The zero-order valence-corrected chi connectivity index (χ0v) is 13.5. The number of hydrogen-bond acceptors (Lipinski definition) is 3. The van der Waals surface area contributed by atoms with Crippen LogP contribution in [0.1, 0.15) is 25.7 Å². The van der Waals surface area contributed by atoms with E-state index >= 15 is 0 Å². The van der Waals surface area contributed by atoms with E-state index in [2.05, 4.69) is 15.3 Å². The summed E-state index contributed by atoms with van der Waals surface area (Å²) in [6.45, 7) is 0. The second kappa shape index (κ2) is 7.21. The number of thioether (sulfide) groups is 1. The van der Waals surface area contributed by atoms with Crippen LogP contribution in [0.25, 0.3) is 0 Å². The molecule has 0 radical (unpaired) electrons. The molecular formula is C16H15F2N3O2S. The van der Waals surface area contributed by atoms with Crippen molar-refractivity contribution >= 4 is 40.1 Å². The van der Waals surface area contributed by atoms with E-state index in [1.807, 2.05) is 0 Å². The van der Waals surface area contributed by atoms with Crippen LogP contribution in [0.3, 0.4) is 0 Å². The van der Waals surface area contributed by atoms with E-state index in [9.17, 15) is 18.4 Å². The van der Waals surface area contributed by atoms with E-state index < -0.39 is 23.6 Å². The Hall–Kier alpha value is -2.09. The zero-order chi connectivity index (χ0) is 17.1. The monoisotopic (exact) mass is 351 g/mol. The van der Waals surface area contributed by atoms with Crippen molar-refractivity contribution in [3.8, 4) is 0 Å². The molecule has 1 aliphatic carbocycles. The molecule has 0 bridgehead atoms. The number of urea groups is 1. The molecule has 3 amide bonds. The van der Waals surface area contributed by atoms with Crippen LogP contribution in [0, 0.1) is 17.6 Å². The Kier molecular flexibility index (Phi) is 5.03. The van der Waals surface area contributed by atoms with E-state index in [1.165, 1.54) is 6.07 Å². The summed E-state index contributed by atoms with van der Waals surface area (Å²) in [5.41, 5.74) is 0.761. The first-order chi connectivity index (χ1) is 11.5. The summed E-state index contributed by atoms with van der Waals surface area (Å²) in [6, 6.07) is 2.41. The number of amides is 3. The number of aliphatic imine (C=N–C) groups is 2. The number of nitrogens with zero attached hydrogens (tertiary/aromatic N) is 2. The number of rotatable bonds is 3. The molecule has 1 heterocycles. The average Bonchev–Trinajstić information content (AvgIpc) is 2.55. The first-order valence-electron chi connectivity index (χ1n) is 7.60. The number of hydrogen-bond donors (Lipinski definition) is 1. The number of anilines is 1. The van der Waals surface area contributed by atoms with Crippen LogP contribution in [0.2, 0.25) is 0 Å². The molecule has 2 aliphatic rings. The van der Waals surface area contributed by atoms with Gasteiger partial charge in [0.25, 0.3) is 0 Å². The van der Waals surface area contributed by atoms with Gasteiger partial charge in [0, 0.05) is 17.7 Å². The first kappa shape index (κ1) is 16.8. The van der Waals surface area contributed by atoms with Gasteiger partial charge in [0.15, 0.2) is 0 Å². The fourth-order valence-corrected chi connectivity index (χ4v) is 3.71. The van der Waals surface area contributed by atoms with Crippen molar-refractivity contribution in [3.05, 3.63) is 29.8 Å². The molecule has 1 aliphatic heterocycles. The minimum absolute atomic E-state index is 0.00723. The van der Waals surface area contributed by atoms with Crippen LogP contribution >= 0.6 is 11.8 Å². The van der Waals surface area contributed by atoms with Crippen LogP contribution in [0.15, 0.2) is 28.2 Å². The van der Waals surface area contributed by atoms with E-state index in [0.717, 1.165) is 49.2 Å². The molecule has 126 valence electrons. The number of nitrogens with one attached hydrogen (secondary N) is 1. The highest BCUT2D eigenvalue weighted by Crippen LogP contribution is 2.30. The van der Waals surface area contributed by atoms with Crippen LogP contribution in [0.5, 0.6) is 0 Å². The van der Waals surface area contributed by atoms with Crippen LogP contribution in [-0.4, -0.2) is 28.4 Å². The van der Waals surface area contributed by atoms with Gasteiger partial charge in [-0.1, -0.05) is 18.2 Å². The second-order valence-corrected chi connectivity index (χ2v) is 6.59. The van der Waals surface area contributed by atoms with Crippen molar-refractivity contribution in [2.75, 3.05) is 11.1 Å². The summed E-state index contributed by atoms with van der Waals surface area (Å²) in [5.74, 6) is -1.98. The molecule has 0 aromatic heterocycles. The minimum Gasteiger partial charge on any atom is -0.323 e. The molecule has 1 N–H and O–H groups in total. The average molecular weight is 351 g/mol. The lowest BCUT2D eigenvalue weighted by atomic mass is 9.87. The molecule has 1 fully saturated rings. The standard InChI is InChI=1S/C16H15F2N3O2S/c17-9-5-6-13(11(18)7-9)19-14(22)8-24-15-10-3-1-2-4-12(10)20-16(23)21-15/h5-7,10H,1-4,8H2,(H,19,22). The Bertz CT molecular complexity index is 749. The number of carbonyl (C=O) groups excluding carboxylic acids is 2. The topological polar surface area (TPSA) is 70.9 Å². The quantitative estimate of drug-likeness (QED) is 0.900. The fraction of sp³-hybridized carbons (Fsp3) is 0.375. The van der Waals surface area contributed by atoms with Gasteiger partial charge in [0.1, 0.15) is 11.6 Å². The van der Waals surface area contributed by atoms with Crippen LogP contribution < -0.4 is 5.32 Å². The molecule has 1 unspecified atom stereocenters. The molecule has 3 rings (SSSR count). The van der Waals surface area contributed by atoms with Crippen molar-refractivity contribution in [3.63, 3.8) is 0 Å². The van der Waals surface area contributed by atoms with Crippen molar-refractivity contribution in [1.29, 1.82) is 0 Å². The zero-order valence-electron chi connectivity index (χ0n) is 12.7. The second-order valence-electron chi connectivity index (χ2n) is 5.60. The van der Waals surface area contributed by atoms with Gasteiger partial charge < -0.3 is 5.32 Å². The molecule has 24 heavy (non-hydrogen) atoms. The Morgan fingerprint density at radius 1 is 1.29 bits per heavy atom. The van der Waals surface area contributed by atoms with Gasteiger partial charge in [0.05, 0.1) is 16.5 Å². The third kappa shape index (κ3) is 3.87. The number of halogens is 2. The molecule has 1 aromatic carbocycles. The summed E-state index contributed by atoms with van der Waals surface area (Å²) in [5, 5.41) is 2.99. The highest BCUT2D eigenvalue weighted by atomic mass is 32.2. The molecule has 0 saturated heterocycles. The lowest BCUT2D eigenvalue weighted by molar-refractivity contribution is -0.113. The first-order valence-corrected chi connectivity index (χ1v) is 8.59. The van der Waals surface area contributed by atoms with Gasteiger partial charge in [-0.2, -0.15) is 4.99 Å². The van der Waals surface area contributed by atoms with Gasteiger partial charge in [-0.15, -0.1) is 0 Å². The van der Waals surface area contributed by atoms with Crippen molar-refractivity contribution < 1.29 is 18.4 Å². The number of fused-ring (bicyclic) bond motifs is 1. The summed E-state index contributed by atoms with van der Waals surface area (Å²) in [4.78, 5) is 31.4. The Morgan fingerprint density at radius 3 is 2.92 bits per heavy atom. The highest BCUT2D eigenvalue weighted by Gasteiger charge is 2.30. The van der Waals surface area contributed by atoms with Gasteiger partial charge in [0.2, 0.25) is 5.91 Å². The smallest absolute Gasteiger partial charge is 0.323 e. The fourth-order valence-electron chi connectivity index (χ4n) is 2.76. The predicted octanol–water partition coefficient (Wildman–Crippen LogP) is 3.80. The number of carbonyl (C=O) groups is 2. The van der Waals surface area contributed by atoms with Crippen LogP contribution in [0.4, 0.5) is 19.3 Å². The highest BCUT2D eigenvalue weighted by molar-refractivity contribution is 8.14. The van der Waals surface area contributed by atoms with Gasteiger partial charge in [-0.25, -0.2) is 18.6 Å². The third-order valence-electron chi connectivity index (χ3n) is 3.88. The lowest BCUT2D eigenvalue weighted by Crippen LogP contribution is -2.31. The Labute approximate surface area is 141 Å². The third-order valence-corrected chi connectivity index (χ3v) is 4.96. The molecular weight excluding hydrogens is 336 g/mol. The summed E-state index contributed by atoms with van der Waals surface area (Å²) in [7, 11) is 0. The SMILES string of the molecule is O=C1N=C2CCCCC2C(SCC(=O)Nc2ccc(F)cc2F)=N1. The normalized spacial score (nSPS) is 20.1. The Balaban J connectivity index is 1.60. The Morgan fingerprint density at radius 2 is 2.12 bits per heavy atom. The summed E-state index contributed by atoms with van der Waals surface area (Å²) >= 11 is 1.16. The molecule has 1 saturated carbocycles. The molecule has 8 heteroatoms. The molecule has 5 nitrogen and oxygen atoms in total. The van der Waals surface area contributed by atoms with Crippen molar-refractivity contribution in [2.45, 2.75) is 25.7 Å². The molecule has 1 atom stereocenters. The maximum atomic E-state index is 13.5. The maximum Gasteiger partial charge on any atom is 0.367 e. The van der Waals surface area contributed by atoms with Crippen LogP contribution in [-0.2, 0) is 4.79 Å². The van der Waals surface area contributed by atoms with Gasteiger partial charge in [-0.3, -0.25) is 4.79 Å². The summed E-state index contributed by atoms with van der Waals surface area (Å²) < 4.78 is 26.4. The lowest BCUT2D eigenvalue weighted by Gasteiger charge is -2.26. The van der Waals surface area contributed by atoms with E-state index in [0.29, 0.717) is 11.1 Å². The van der Waals surface area contributed by atoms with E-state index in [1.54, 1.807) is 0 Å². The summed E-state index contributed by atoms with van der Waals surface area (Å²) in [6.07, 6.45) is 3.68. The van der Waals surface area contributed by atoms with E-state index in [4.69, 9.17) is 0 Å².